The minimum Gasteiger partial charge on any atom is -0.244 e. The van der Waals surface area contributed by atoms with Crippen LogP contribution in [0.15, 0.2) is 24.3 Å². The molecular formula is C12H17ClN2. The molecule has 2 rings (SSSR count). The molecule has 1 aromatic rings. The molecule has 1 unspecified atom stereocenters. The molecule has 1 aromatic carbocycles. The fraction of sp³-hybridized carbons (Fsp3) is 0.500. The van der Waals surface area contributed by atoms with Crippen LogP contribution >= 0.6 is 11.6 Å². The molecule has 0 aromatic heterocycles. The van der Waals surface area contributed by atoms with Gasteiger partial charge in [0.2, 0.25) is 0 Å². The van der Waals surface area contributed by atoms with Gasteiger partial charge in [0, 0.05) is 25.7 Å². The smallest absolute Gasteiger partial charge is 0.0586 e. The van der Waals surface area contributed by atoms with E-state index in [-0.39, 0.29) is 5.54 Å². The predicted molar refractivity (Wildman–Crippen MR) is 63.8 cm³/mol. The van der Waals surface area contributed by atoms with Gasteiger partial charge in [-0.25, -0.2) is 10.0 Å². The minimum absolute atomic E-state index is 0.110. The highest BCUT2D eigenvalue weighted by Gasteiger charge is 2.38. The van der Waals surface area contributed by atoms with E-state index in [9.17, 15) is 0 Å². The first-order chi connectivity index (χ1) is 7.04. The zero-order valence-corrected chi connectivity index (χ0v) is 10.3. The van der Waals surface area contributed by atoms with Crippen LogP contribution in [0.3, 0.4) is 0 Å². The van der Waals surface area contributed by atoms with E-state index in [1.165, 1.54) is 5.56 Å². The molecule has 0 radical (unpaired) electrons. The zero-order valence-electron chi connectivity index (χ0n) is 9.50. The Labute approximate surface area is 96.4 Å². The molecule has 82 valence electrons. The number of nitrogens with zero attached hydrogens (tertiary/aromatic N) is 2. The number of benzene rings is 1. The molecule has 0 amide bonds. The number of hydrazine groups is 1. The third-order valence-electron chi connectivity index (χ3n) is 3.61. The van der Waals surface area contributed by atoms with E-state index in [0.29, 0.717) is 0 Å². The van der Waals surface area contributed by atoms with Crippen molar-refractivity contribution in [3.8, 4) is 0 Å². The normalized spacial score (nSPS) is 28.5. The van der Waals surface area contributed by atoms with E-state index in [4.69, 9.17) is 11.6 Å². The lowest BCUT2D eigenvalue weighted by molar-refractivity contribution is 0.00358. The maximum absolute atomic E-state index is 5.90. The zero-order chi connectivity index (χ0) is 11.1. The summed E-state index contributed by atoms with van der Waals surface area (Å²) in [6.45, 7) is 3.38. The number of rotatable bonds is 1. The summed E-state index contributed by atoms with van der Waals surface area (Å²) in [5, 5.41) is 5.36. The Hall–Kier alpha value is -0.570. The molecule has 0 bridgehead atoms. The van der Waals surface area contributed by atoms with E-state index in [1.807, 2.05) is 12.1 Å². The maximum atomic E-state index is 5.90. The second kappa shape index (κ2) is 3.78. The van der Waals surface area contributed by atoms with Crippen LogP contribution in [0.5, 0.6) is 0 Å². The Bertz CT molecular complexity index is 349. The first kappa shape index (κ1) is 10.9. The molecule has 0 spiro atoms. The van der Waals surface area contributed by atoms with Crippen LogP contribution in [0, 0.1) is 0 Å². The summed E-state index contributed by atoms with van der Waals surface area (Å²) in [4.78, 5) is 0. The molecule has 0 aliphatic carbocycles. The van der Waals surface area contributed by atoms with E-state index >= 15 is 0 Å². The summed E-state index contributed by atoms with van der Waals surface area (Å²) >= 11 is 5.90. The molecule has 3 heteroatoms. The monoisotopic (exact) mass is 224 g/mol. The number of hydrogen-bond donors (Lipinski definition) is 0. The van der Waals surface area contributed by atoms with Crippen LogP contribution in [-0.4, -0.2) is 30.7 Å². The van der Waals surface area contributed by atoms with Gasteiger partial charge in [-0.15, -0.1) is 0 Å². The van der Waals surface area contributed by atoms with Gasteiger partial charge >= 0.3 is 0 Å². The Morgan fingerprint density at radius 2 is 1.80 bits per heavy atom. The van der Waals surface area contributed by atoms with Gasteiger partial charge in [0.15, 0.2) is 0 Å². The van der Waals surface area contributed by atoms with Crippen molar-refractivity contribution in [2.75, 3.05) is 20.6 Å². The Morgan fingerprint density at radius 1 is 1.20 bits per heavy atom. The highest BCUT2D eigenvalue weighted by Crippen LogP contribution is 2.36. The molecule has 1 fully saturated rings. The predicted octanol–water partition coefficient (Wildman–Crippen LogP) is 2.74. The highest BCUT2D eigenvalue weighted by atomic mass is 35.5. The van der Waals surface area contributed by atoms with E-state index in [1.54, 1.807) is 0 Å². The van der Waals surface area contributed by atoms with Gasteiger partial charge in [0.25, 0.3) is 0 Å². The van der Waals surface area contributed by atoms with Gasteiger partial charge < -0.3 is 0 Å². The van der Waals surface area contributed by atoms with Crippen LogP contribution in [0.1, 0.15) is 18.9 Å². The molecule has 1 aliphatic heterocycles. The van der Waals surface area contributed by atoms with E-state index in [2.05, 4.69) is 43.2 Å². The molecule has 1 heterocycles. The third-order valence-corrected chi connectivity index (χ3v) is 3.87. The Morgan fingerprint density at radius 3 is 2.27 bits per heavy atom. The summed E-state index contributed by atoms with van der Waals surface area (Å²) < 4.78 is 0. The summed E-state index contributed by atoms with van der Waals surface area (Å²) in [6, 6.07) is 8.18. The van der Waals surface area contributed by atoms with Crippen molar-refractivity contribution < 1.29 is 0 Å². The maximum Gasteiger partial charge on any atom is 0.0586 e. The first-order valence-corrected chi connectivity index (χ1v) is 5.63. The third kappa shape index (κ3) is 1.78. The van der Waals surface area contributed by atoms with Gasteiger partial charge in [-0.3, -0.25) is 0 Å². The second-order valence-corrected chi connectivity index (χ2v) is 4.87. The van der Waals surface area contributed by atoms with Crippen molar-refractivity contribution in [1.29, 1.82) is 0 Å². The lowest BCUT2D eigenvalue weighted by Crippen LogP contribution is -2.41. The molecule has 1 saturated heterocycles. The van der Waals surface area contributed by atoms with Crippen molar-refractivity contribution in [1.82, 2.24) is 10.0 Å². The fourth-order valence-corrected chi connectivity index (χ4v) is 2.33. The van der Waals surface area contributed by atoms with Gasteiger partial charge in [0.05, 0.1) is 5.54 Å². The standard InChI is InChI=1S/C12H17ClN2/c1-12(8-9-14(2)15(12)3)10-4-6-11(13)7-5-10/h4-7H,8-9H2,1-3H3. The van der Waals surface area contributed by atoms with Gasteiger partial charge in [-0.05, 0) is 31.0 Å². The van der Waals surface area contributed by atoms with Crippen molar-refractivity contribution in [3.63, 3.8) is 0 Å². The molecule has 2 nitrogen and oxygen atoms in total. The molecule has 1 atom stereocenters. The second-order valence-electron chi connectivity index (χ2n) is 4.44. The van der Waals surface area contributed by atoms with Crippen LogP contribution in [0.25, 0.3) is 0 Å². The first-order valence-electron chi connectivity index (χ1n) is 5.25. The Balaban J connectivity index is 2.33. The molecule has 1 aliphatic rings. The SMILES string of the molecule is CN1CCC(C)(c2ccc(Cl)cc2)N1C. The largest absolute Gasteiger partial charge is 0.244 e. The van der Waals surface area contributed by atoms with Crippen LogP contribution in [0.4, 0.5) is 0 Å². The van der Waals surface area contributed by atoms with Crippen molar-refractivity contribution in [2.45, 2.75) is 18.9 Å². The van der Waals surface area contributed by atoms with Gasteiger partial charge in [0.1, 0.15) is 0 Å². The lowest BCUT2D eigenvalue weighted by atomic mass is 9.90. The molecule has 0 N–H and O–H groups in total. The Kier molecular flexibility index (Phi) is 2.75. The summed E-state index contributed by atoms with van der Waals surface area (Å²) in [7, 11) is 4.27. The lowest BCUT2D eigenvalue weighted by Gasteiger charge is -2.35. The highest BCUT2D eigenvalue weighted by molar-refractivity contribution is 6.30. The average molecular weight is 225 g/mol. The molecule has 15 heavy (non-hydrogen) atoms. The summed E-state index contributed by atoms with van der Waals surface area (Å²) in [6.07, 6.45) is 1.15. The molecule has 0 saturated carbocycles. The van der Waals surface area contributed by atoms with E-state index < -0.39 is 0 Å². The summed E-state index contributed by atoms with van der Waals surface area (Å²) in [5.41, 5.74) is 1.44. The van der Waals surface area contributed by atoms with Crippen LogP contribution in [0.2, 0.25) is 5.02 Å². The van der Waals surface area contributed by atoms with Crippen LogP contribution in [-0.2, 0) is 5.54 Å². The van der Waals surface area contributed by atoms with Gasteiger partial charge in [-0.2, -0.15) is 0 Å². The van der Waals surface area contributed by atoms with E-state index in [0.717, 1.165) is 18.0 Å². The number of hydrogen-bond acceptors (Lipinski definition) is 2. The van der Waals surface area contributed by atoms with Crippen molar-refractivity contribution >= 4 is 11.6 Å². The van der Waals surface area contributed by atoms with Crippen molar-refractivity contribution in [2.24, 2.45) is 0 Å². The number of halogens is 1. The quantitative estimate of drug-likeness (QED) is 0.724. The molecular weight excluding hydrogens is 208 g/mol. The van der Waals surface area contributed by atoms with Gasteiger partial charge in [-0.1, -0.05) is 23.7 Å². The van der Waals surface area contributed by atoms with Crippen molar-refractivity contribution in [3.05, 3.63) is 34.9 Å². The summed E-state index contributed by atoms with van der Waals surface area (Å²) in [5.74, 6) is 0. The topological polar surface area (TPSA) is 6.48 Å². The van der Waals surface area contributed by atoms with Crippen LogP contribution < -0.4 is 0 Å². The minimum atomic E-state index is 0.110. The average Bonchev–Trinajstić information content (AvgIpc) is 2.48. The fourth-order valence-electron chi connectivity index (χ4n) is 2.21.